The van der Waals surface area contributed by atoms with Crippen molar-refractivity contribution in [1.82, 2.24) is 0 Å². The first-order valence-corrected chi connectivity index (χ1v) is 5.53. The molecule has 0 bridgehead atoms. The van der Waals surface area contributed by atoms with Crippen molar-refractivity contribution in [2.75, 3.05) is 12.4 Å². The fourth-order valence-corrected chi connectivity index (χ4v) is 1.65. The van der Waals surface area contributed by atoms with Crippen molar-refractivity contribution in [2.24, 2.45) is 0 Å². The summed E-state index contributed by atoms with van der Waals surface area (Å²) in [6.07, 6.45) is 0. The van der Waals surface area contributed by atoms with Gasteiger partial charge < -0.3 is 10.1 Å². The third-order valence-corrected chi connectivity index (χ3v) is 2.90. The van der Waals surface area contributed by atoms with E-state index < -0.39 is 17.8 Å². The van der Waals surface area contributed by atoms with Gasteiger partial charge >= 0.3 is 5.97 Å². The molecule has 1 rings (SSSR count). The van der Waals surface area contributed by atoms with Crippen LogP contribution in [0, 0.1) is 17.1 Å². The van der Waals surface area contributed by atoms with Gasteiger partial charge in [0.1, 0.15) is 12.1 Å². The van der Waals surface area contributed by atoms with Crippen molar-refractivity contribution in [3.8, 4) is 6.07 Å². The molecular formula is C11H10BrFN2O2. The number of esters is 1. The van der Waals surface area contributed by atoms with Crippen molar-refractivity contribution >= 4 is 27.6 Å². The van der Waals surface area contributed by atoms with Gasteiger partial charge in [-0.15, -0.1) is 0 Å². The summed E-state index contributed by atoms with van der Waals surface area (Å²) in [6.45, 7) is 1.55. The number of carbonyl (C=O) groups excluding carboxylic acids is 1. The number of hydrogen-bond donors (Lipinski definition) is 1. The summed E-state index contributed by atoms with van der Waals surface area (Å²) in [5, 5.41) is 11.4. The maximum atomic E-state index is 13.8. The molecule has 0 aliphatic rings. The molecule has 0 saturated carbocycles. The Morgan fingerprint density at radius 2 is 2.29 bits per heavy atom. The summed E-state index contributed by atoms with van der Waals surface area (Å²) in [5.41, 5.74) is 0.326. The van der Waals surface area contributed by atoms with E-state index in [0.717, 1.165) is 0 Å². The quantitative estimate of drug-likeness (QED) is 0.871. The maximum Gasteiger partial charge on any atom is 0.327 e. The van der Waals surface area contributed by atoms with Crippen molar-refractivity contribution in [3.63, 3.8) is 0 Å². The Kier molecular flexibility index (Phi) is 4.46. The van der Waals surface area contributed by atoms with Gasteiger partial charge in [-0.1, -0.05) is 0 Å². The largest absolute Gasteiger partial charge is 0.467 e. The van der Waals surface area contributed by atoms with Crippen LogP contribution < -0.4 is 5.32 Å². The van der Waals surface area contributed by atoms with Crippen LogP contribution in [0.15, 0.2) is 16.6 Å². The summed E-state index contributed by atoms with van der Waals surface area (Å²) >= 11 is 2.98. The smallest absolute Gasteiger partial charge is 0.327 e. The predicted molar refractivity (Wildman–Crippen MR) is 63.9 cm³/mol. The van der Waals surface area contributed by atoms with E-state index in [1.807, 2.05) is 6.07 Å². The van der Waals surface area contributed by atoms with Crippen molar-refractivity contribution < 1.29 is 13.9 Å². The first kappa shape index (κ1) is 13.5. The first-order chi connectivity index (χ1) is 8.01. The molecule has 0 saturated heterocycles. The average molecular weight is 301 g/mol. The van der Waals surface area contributed by atoms with E-state index in [4.69, 9.17) is 5.26 Å². The van der Waals surface area contributed by atoms with E-state index in [0.29, 0.717) is 0 Å². The van der Waals surface area contributed by atoms with Gasteiger partial charge in [-0.25, -0.2) is 9.18 Å². The highest BCUT2D eigenvalue weighted by Gasteiger charge is 2.17. The molecule has 1 aromatic rings. The van der Waals surface area contributed by atoms with Crippen LogP contribution in [0.4, 0.5) is 10.1 Å². The van der Waals surface area contributed by atoms with Crippen molar-refractivity contribution in [2.45, 2.75) is 13.0 Å². The summed E-state index contributed by atoms with van der Waals surface area (Å²) in [5.74, 6) is -1.11. The Bertz CT molecular complexity index is 485. The summed E-state index contributed by atoms with van der Waals surface area (Å²) in [7, 11) is 1.26. The summed E-state index contributed by atoms with van der Waals surface area (Å²) in [6, 6.07) is 4.03. The lowest BCUT2D eigenvalue weighted by atomic mass is 10.2. The van der Waals surface area contributed by atoms with E-state index in [1.165, 1.54) is 19.2 Å². The minimum Gasteiger partial charge on any atom is -0.467 e. The number of carbonyl (C=O) groups is 1. The van der Waals surface area contributed by atoms with Crippen LogP contribution >= 0.6 is 15.9 Å². The second-order valence-electron chi connectivity index (χ2n) is 3.29. The molecule has 0 aliphatic heterocycles. The van der Waals surface area contributed by atoms with E-state index in [-0.39, 0.29) is 15.7 Å². The minimum atomic E-state index is -0.672. The monoisotopic (exact) mass is 300 g/mol. The number of anilines is 1. The van der Waals surface area contributed by atoms with Crippen molar-refractivity contribution in [1.29, 1.82) is 5.26 Å². The molecule has 0 spiro atoms. The highest BCUT2D eigenvalue weighted by Crippen LogP contribution is 2.26. The molecule has 0 aromatic heterocycles. The maximum absolute atomic E-state index is 13.8. The number of benzene rings is 1. The molecule has 90 valence electrons. The molecule has 0 aliphatic carbocycles. The Morgan fingerprint density at radius 1 is 1.65 bits per heavy atom. The number of nitrogens with zero attached hydrogens (tertiary/aromatic N) is 1. The number of hydrogen-bond acceptors (Lipinski definition) is 4. The molecule has 0 heterocycles. The lowest BCUT2D eigenvalue weighted by Gasteiger charge is -2.14. The molecule has 0 amide bonds. The highest BCUT2D eigenvalue weighted by molar-refractivity contribution is 9.10. The molecular weight excluding hydrogens is 291 g/mol. The second-order valence-corrected chi connectivity index (χ2v) is 4.08. The molecule has 4 nitrogen and oxygen atoms in total. The Labute approximate surface area is 107 Å². The predicted octanol–water partition coefficient (Wildman–Crippen LogP) is 2.43. The topological polar surface area (TPSA) is 62.1 Å². The zero-order valence-corrected chi connectivity index (χ0v) is 10.8. The number of methoxy groups -OCH3 is 1. The number of nitrogens with one attached hydrogen (secondary N) is 1. The SMILES string of the molecule is COC(=O)C(C)Nc1ccc(C#N)c(Br)c1F. The molecule has 1 atom stereocenters. The molecule has 1 aromatic carbocycles. The zero-order valence-electron chi connectivity index (χ0n) is 9.25. The molecule has 0 fully saturated rings. The van der Waals surface area contributed by atoms with Crippen LogP contribution in [0.3, 0.4) is 0 Å². The highest BCUT2D eigenvalue weighted by atomic mass is 79.9. The van der Waals surface area contributed by atoms with E-state index in [9.17, 15) is 9.18 Å². The van der Waals surface area contributed by atoms with Crippen molar-refractivity contribution in [3.05, 3.63) is 28.0 Å². The number of ether oxygens (including phenoxy) is 1. The lowest BCUT2D eigenvalue weighted by molar-refractivity contribution is -0.141. The van der Waals surface area contributed by atoms with E-state index >= 15 is 0 Å². The van der Waals surface area contributed by atoms with E-state index in [1.54, 1.807) is 6.92 Å². The normalized spacial score (nSPS) is 11.5. The van der Waals surface area contributed by atoms with Gasteiger partial charge in [-0.05, 0) is 35.0 Å². The van der Waals surface area contributed by atoms with Gasteiger partial charge in [0.15, 0.2) is 5.82 Å². The fraction of sp³-hybridized carbons (Fsp3) is 0.273. The second kappa shape index (κ2) is 5.64. The Hall–Kier alpha value is -1.61. The van der Waals surface area contributed by atoms with Crippen LogP contribution in [-0.4, -0.2) is 19.1 Å². The first-order valence-electron chi connectivity index (χ1n) is 4.73. The van der Waals surface area contributed by atoms with Gasteiger partial charge in [0, 0.05) is 0 Å². The third kappa shape index (κ3) is 2.94. The molecule has 17 heavy (non-hydrogen) atoms. The Balaban J connectivity index is 2.98. The van der Waals surface area contributed by atoms with Crippen LogP contribution in [0.25, 0.3) is 0 Å². The third-order valence-electron chi connectivity index (χ3n) is 2.13. The van der Waals surface area contributed by atoms with Crippen LogP contribution in [0.2, 0.25) is 0 Å². The number of halogens is 2. The van der Waals surface area contributed by atoms with Gasteiger partial charge in [-0.2, -0.15) is 5.26 Å². The van der Waals surface area contributed by atoms with Gasteiger partial charge in [0.25, 0.3) is 0 Å². The van der Waals surface area contributed by atoms with Crippen LogP contribution in [-0.2, 0) is 9.53 Å². The van der Waals surface area contributed by atoms with Gasteiger partial charge in [0.2, 0.25) is 0 Å². The average Bonchev–Trinajstić information content (AvgIpc) is 2.34. The molecule has 1 N–H and O–H groups in total. The Morgan fingerprint density at radius 3 is 2.82 bits per heavy atom. The van der Waals surface area contributed by atoms with Gasteiger partial charge in [0.05, 0.1) is 22.8 Å². The number of rotatable bonds is 3. The van der Waals surface area contributed by atoms with Crippen LogP contribution in [0.5, 0.6) is 0 Å². The summed E-state index contributed by atoms with van der Waals surface area (Å²) < 4.78 is 18.3. The fourth-order valence-electron chi connectivity index (χ4n) is 1.22. The number of nitriles is 1. The zero-order chi connectivity index (χ0) is 13.0. The lowest BCUT2D eigenvalue weighted by Crippen LogP contribution is -2.27. The van der Waals surface area contributed by atoms with Gasteiger partial charge in [-0.3, -0.25) is 0 Å². The standard InChI is InChI=1S/C11H10BrFN2O2/c1-6(11(16)17-2)15-8-4-3-7(5-14)9(12)10(8)13/h3-4,6,15H,1-2H3. The molecule has 6 heteroatoms. The summed E-state index contributed by atoms with van der Waals surface area (Å²) in [4.78, 5) is 11.2. The van der Waals surface area contributed by atoms with E-state index in [2.05, 4.69) is 26.0 Å². The van der Waals surface area contributed by atoms with Crippen LogP contribution in [0.1, 0.15) is 12.5 Å². The molecule has 0 radical (unpaired) electrons. The molecule has 1 unspecified atom stereocenters. The minimum absolute atomic E-state index is 0.0714.